The molecule has 1 heterocycles. The smallest absolute Gasteiger partial charge is 0.323 e. The van der Waals surface area contributed by atoms with Crippen molar-refractivity contribution >= 4 is 21.7 Å². The van der Waals surface area contributed by atoms with Gasteiger partial charge < -0.3 is 15.7 Å². The fraction of sp³-hybridized carbons (Fsp3) is 0.846. The van der Waals surface area contributed by atoms with E-state index in [1.165, 1.54) is 4.90 Å². The molecule has 1 saturated heterocycles. The van der Waals surface area contributed by atoms with Crippen LogP contribution in [-0.2, 0) is 19.4 Å². The predicted molar refractivity (Wildman–Crippen MR) is 76.4 cm³/mol. The number of nitrogens with zero attached hydrogens (tertiary/aromatic N) is 1. The first-order chi connectivity index (χ1) is 9.71. The van der Waals surface area contributed by atoms with Crippen molar-refractivity contribution in [2.45, 2.75) is 50.1 Å². The second-order valence-corrected chi connectivity index (χ2v) is 8.45. The SMILES string of the molecule is NC1(CC(=O)N(CC(=O)O)C2CCS(=O)(=O)C2)CCCC1. The van der Waals surface area contributed by atoms with E-state index in [4.69, 9.17) is 10.8 Å². The number of aliphatic carboxylic acids is 1. The summed E-state index contributed by atoms with van der Waals surface area (Å²) < 4.78 is 23.1. The summed E-state index contributed by atoms with van der Waals surface area (Å²) in [6.45, 7) is -0.463. The van der Waals surface area contributed by atoms with Crippen LogP contribution < -0.4 is 5.73 Å². The second-order valence-electron chi connectivity index (χ2n) is 6.22. The molecule has 0 aromatic heterocycles. The van der Waals surface area contributed by atoms with Gasteiger partial charge in [0.05, 0.1) is 11.5 Å². The molecule has 21 heavy (non-hydrogen) atoms. The van der Waals surface area contributed by atoms with Crippen LogP contribution in [0.2, 0.25) is 0 Å². The summed E-state index contributed by atoms with van der Waals surface area (Å²) in [5.74, 6) is -1.62. The molecule has 0 aromatic carbocycles. The van der Waals surface area contributed by atoms with E-state index in [1.54, 1.807) is 0 Å². The topological polar surface area (TPSA) is 118 Å². The number of rotatable bonds is 5. The summed E-state index contributed by atoms with van der Waals surface area (Å²) in [4.78, 5) is 24.6. The molecule has 2 rings (SSSR count). The Balaban J connectivity index is 2.08. The van der Waals surface area contributed by atoms with E-state index in [-0.39, 0.29) is 23.8 Å². The van der Waals surface area contributed by atoms with Crippen molar-refractivity contribution in [2.75, 3.05) is 18.1 Å². The van der Waals surface area contributed by atoms with Gasteiger partial charge in [0, 0.05) is 18.0 Å². The molecule has 2 aliphatic rings. The molecule has 0 bridgehead atoms. The van der Waals surface area contributed by atoms with Gasteiger partial charge in [-0.3, -0.25) is 9.59 Å². The minimum Gasteiger partial charge on any atom is -0.480 e. The number of nitrogens with two attached hydrogens (primary N) is 1. The third kappa shape index (κ3) is 4.16. The average molecular weight is 318 g/mol. The molecule has 1 atom stereocenters. The van der Waals surface area contributed by atoms with Crippen molar-refractivity contribution in [2.24, 2.45) is 5.73 Å². The van der Waals surface area contributed by atoms with Gasteiger partial charge in [0.15, 0.2) is 9.84 Å². The minimum atomic E-state index is -3.17. The molecule has 0 spiro atoms. The lowest BCUT2D eigenvalue weighted by molar-refractivity contribution is -0.146. The van der Waals surface area contributed by atoms with Crippen LogP contribution >= 0.6 is 0 Å². The molecule has 120 valence electrons. The van der Waals surface area contributed by atoms with Gasteiger partial charge >= 0.3 is 5.97 Å². The average Bonchev–Trinajstić information content (AvgIpc) is 2.92. The Morgan fingerprint density at radius 2 is 1.90 bits per heavy atom. The summed E-state index contributed by atoms with van der Waals surface area (Å²) in [6.07, 6.45) is 3.85. The highest BCUT2D eigenvalue weighted by atomic mass is 32.2. The zero-order chi connectivity index (χ0) is 15.7. The molecular weight excluding hydrogens is 296 g/mol. The van der Waals surface area contributed by atoms with Gasteiger partial charge in [0.2, 0.25) is 5.91 Å². The molecule has 0 aromatic rings. The predicted octanol–water partition coefficient (Wildman–Crippen LogP) is -0.252. The molecular formula is C13H22N2O5S. The van der Waals surface area contributed by atoms with E-state index in [0.29, 0.717) is 6.42 Å². The van der Waals surface area contributed by atoms with E-state index in [2.05, 4.69) is 0 Å². The molecule has 7 nitrogen and oxygen atoms in total. The Labute approximate surface area is 124 Å². The van der Waals surface area contributed by atoms with Crippen LogP contribution in [0.5, 0.6) is 0 Å². The summed E-state index contributed by atoms with van der Waals surface area (Å²) in [5, 5.41) is 8.97. The number of carboxylic acids is 1. The highest BCUT2D eigenvalue weighted by Crippen LogP contribution is 2.31. The van der Waals surface area contributed by atoms with Gasteiger partial charge in [-0.25, -0.2) is 8.42 Å². The molecule has 2 fully saturated rings. The van der Waals surface area contributed by atoms with E-state index in [1.807, 2.05) is 0 Å². The Morgan fingerprint density at radius 3 is 2.38 bits per heavy atom. The highest BCUT2D eigenvalue weighted by molar-refractivity contribution is 7.91. The Kier molecular flexibility index (Phi) is 4.57. The largest absolute Gasteiger partial charge is 0.480 e. The molecule has 1 saturated carbocycles. The zero-order valence-corrected chi connectivity index (χ0v) is 12.8. The number of carboxylic acid groups (broad SMARTS) is 1. The minimum absolute atomic E-state index is 0.00876. The van der Waals surface area contributed by atoms with Crippen molar-refractivity contribution in [1.29, 1.82) is 0 Å². The van der Waals surface area contributed by atoms with Gasteiger partial charge in [-0.05, 0) is 19.3 Å². The van der Waals surface area contributed by atoms with Crippen LogP contribution in [-0.4, -0.2) is 59.9 Å². The Morgan fingerprint density at radius 1 is 1.29 bits per heavy atom. The third-order valence-electron chi connectivity index (χ3n) is 4.38. The van der Waals surface area contributed by atoms with E-state index >= 15 is 0 Å². The number of sulfone groups is 1. The number of amides is 1. The number of carbonyl (C=O) groups is 2. The lowest BCUT2D eigenvalue weighted by Crippen LogP contribution is -2.49. The zero-order valence-electron chi connectivity index (χ0n) is 12.0. The van der Waals surface area contributed by atoms with E-state index in [0.717, 1.165) is 25.7 Å². The van der Waals surface area contributed by atoms with Gasteiger partial charge in [0.25, 0.3) is 0 Å². The van der Waals surface area contributed by atoms with Crippen molar-refractivity contribution in [1.82, 2.24) is 4.90 Å². The summed E-state index contributed by atoms with van der Waals surface area (Å²) in [5.41, 5.74) is 5.60. The van der Waals surface area contributed by atoms with E-state index in [9.17, 15) is 18.0 Å². The van der Waals surface area contributed by atoms with Crippen molar-refractivity contribution in [3.63, 3.8) is 0 Å². The number of hydrogen-bond donors (Lipinski definition) is 2. The number of hydrogen-bond acceptors (Lipinski definition) is 5. The van der Waals surface area contributed by atoms with E-state index < -0.39 is 33.9 Å². The fourth-order valence-electron chi connectivity index (χ4n) is 3.25. The fourth-order valence-corrected chi connectivity index (χ4v) is 4.98. The van der Waals surface area contributed by atoms with Gasteiger partial charge in [-0.15, -0.1) is 0 Å². The molecule has 1 aliphatic carbocycles. The summed E-state index contributed by atoms with van der Waals surface area (Å²) >= 11 is 0. The first-order valence-corrected chi connectivity index (χ1v) is 9.03. The molecule has 1 unspecified atom stereocenters. The quantitative estimate of drug-likeness (QED) is 0.721. The maximum Gasteiger partial charge on any atom is 0.323 e. The molecule has 1 aliphatic heterocycles. The van der Waals surface area contributed by atoms with Crippen molar-refractivity contribution in [3.05, 3.63) is 0 Å². The van der Waals surface area contributed by atoms with Gasteiger partial charge in [0.1, 0.15) is 6.54 Å². The van der Waals surface area contributed by atoms with Crippen molar-refractivity contribution < 1.29 is 23.1 Å². The third-order valence-corrected chi connectivity index (χ3v) is 6.13. The first kappa shape index (κ1) is 16.2. The molecule has 0 radical (unpaired) electrons. The maximum atomic E-state index is 12.4. The lowest BCUT2D eigenvalue weighted by atomic mass is 9.93. The Hall–Kier alpha value is -1.15. The monoisotopic (exact) mass is 318 g/mol. The van der Waals surface area contributed by atoms with Crippen LogP contribution in [0.3, 0.4) is 0 Å². The normalized spacial score (nSPS) is 26.6. The summed E-state index contributed by atoms with van der Waals surface area (Å²) in [7, 11) is -3.17. The standard InChI is InChI=1S/C13H22N2O5S/c14-13(4-1-2-5-13)7-11(16)15(8-12(17)18)10-3-6-21(19,20)9-10/h10H,1-9,14H2,(H,17,18). The maximum absolute atomic E-state index is 12.4. The van der Waals surface area contributed by atoms with Crippen molar-refractivity contribution in [3.8, 4) is 0 Å². The molecule has 1 amide bonds. The Bertz CT molecular complexity index is 525. The highest BCUT2D eigenvalue weighted by Gasteiger charge is 2.39. The van der Waals surface area contributed by atoms with Crippen LogP contribution in [0, 0.1) is 0 Å². The second kappa shape index (κ2) is 5.92. The number of carbonyl (C=O) groups excluding carboxylic acids is 1. The molecule has 8 heteroatoms. The molecule has 3 N–H and O–H groups in total. The summed E-state index contributed by atoms with van der Waals surface area (Å²) in [6, 6.07) is -0.538. The van der Waals surface area contributed by atoms with Crippen LogP contribution in [0.1, 0.15) is 38.5 Å². The van der Waals surface area contributed by atoms with Gasteiger partial charge in [-0.1, -0.05) is 12.8 Å². The van der Waals surface area contributed by atoms with Crippen LogP contribution in [0.25, 0.3) is 0 Å². The van der Waals surface area contributed by atoms with Crippen LogP contribution in [0.15, 0.2) is 0 Å². The first-order valence-electron chi connectivity index (χ1n) is 7.21. The van der Waals surface area contributed by atoms with Crippen LogP contribution in [0.4, 0.5) is 0 Å². The van der Waals surface area contributed by atoms with Gasteiger partial charge in [-0.2, -0.15) is 0 Å². The lowest BCUT2D eigenvalue weighted by Gasteiger charge is -2.31.